The molecule has 3 aromatic carbocycles. The molecule has 0 spiro atoms. The van der Waals surface area contributed by atoms with E-state index in [9.17, 15) is 8.78 Å². The summed E-state index contributed by atoms with van der Waals surface area (Å²) in [5.41, 5.74) is 2.43. The highest BCUT2D eigenvalue weighted by molar-refractivity contribution is 5.32. The summed E-state index contributed by atoms with van der Waals surface area (Å²) in [6.07, 6.45) is 0. The quantitative estimate of drug-likeness (QED) is 0.670. The highest BCUT2D eigenvalue weighted by Gasteiger charge is 2.10. The molecular formula is C20H18F2O3. The molecule has 0 aliphatic carbocycles. The molecule has 0 fully saturated rings. The van der Waals surface area contributed by atoms with Crippen molar-refractivity contribution >= 4 is 0 Å². The highest BCUT2D eigenvalue weighted by Crippen LogP contribution is 2.24. The Hall–Kier alpha value is -2.92. The van der Waals surface area contributed by atoms with Crippen LogP contribution < -0.4 is 0 Å². The zero-order valence-electron chi connectivity index (χ0n) is 13.4. The van der Waals surface area contributed by atoms with Gasteiger partial charge in [-0.1, -0.05) is 60.7 Å². The smallest absolute Gasteiger partial charge is 0.204 e. The van der Waals surface area contributed by atoms with Gasteiger partial charge in [-0.2, -0.15) is 8.78 Å². The second kappa shape index (κ2) is 9.39. The van der Waals surface area contributed by atoms with Gasteiger partial charge in [-0.15, -0.1) is 0 Å². The van der Waals surface area contributed by atoms with Crippen LogP contribution >= 0.6 is 0 Å². The average molecular weight is 344 g/mol. The molecule has 0 atom stereocenters. The number of ether oxygens (including phenoxy) is 1. The monoisotopic (exact) mass is 344 g/mol. The van der Waals surface area contributed by atoms with Gasteiger partial charge in [-0.05, 0) is 23.3 Å². The van der Waals surface area contributed by atoms with Crippen LogP contribution in [0.25, 0.3) is 0 Å². The van der Waals surface area contributed by atoms with Crippen molar-refractivity contribution < 1.29 is 23.7 Å². The van der Waals surface area contributed by atoms with Crippen LogP contribution in [0.3, 0.4) is 0 Å². The number of phenols is 2. The Bertz CT molecular complexity index is 711. The normalized spacial score (nSPS) is 10.0. The molecule has 0 aromatic heterocycles. The third-order valence-corrected chi connectivity index (χ3v) is 3.26. The molecule has 0 heterocycles. The molecule has 0 bridgehead atoms. The van der Waals surface area contributed by atoms with Crippen molar-refractivity contribution in [1.29, 1.82) is 0 Å². The highest BCUT2D eigenvalue weighted by atomic mass is 19.2. The number of phenolic OH excluding ortho intramolecular Hbond substituents is 2. The lowest BCUT2D eigenvalue weighted by molar-refractivity contribution is 0.107. The lowest BCUT2D eigenvalue weighted by Crippen LogP contribution is -1.93. The molecular weight excluding hydrogens is 326 g/mol. The predicted molar refractivity (Wildman–Crippen MR) is 91.1 cm³/mol. The SMILES string of the molecule is Oc1ccc(O)c(F)c1F.c1ccc(COCc2ccccc2)cc1. The molecule has 25 heavy (non-hydrogen) atoms. The molecule has 0 aliphatic heterocycles. The van der Waals surface area contributed by atoms with Crippen LogP contribution in [-0.4, -0.2) is 10.2 Å². The van der Waals surface area contributed by atoms with E-state index in [4.69, 9.17) is 14.9 Å². The van der Waals surface area contributed by atoms with Gasteiger partial charge in [0.15, 0.2) is 11.5 Å². The van der Waals surface area contributed by atoms with Gasteiger partial charge in [0, 0.05) is 0 Å². The van der Waals surface area contributed by atoms with Gasteiger partial charge in [0.25, 0.3) is 0 Å². The molecule has 0 saturated carbocycles. The maximum absolute atomic E-state index is 12.2. The van der Waals surface area contributed by atoms with Crippen LogP contribution in [0.1, 0.15) is 11.1 Å². The number of halogens is 2. The van der Waals surface area contributed by atoms with Gasteiger partial charge in [-0.25, -0.2) is 0 Å². The number of hydrogen-bond donors (Lipinski definition) is 2. The minimum atomic E-state index is -1.43. The second-order valence-corrected chi connectivity index (χ2v) is 5.20. The molecule has 5 heteroatoms. The molecule has 130 valence electrons. The Labute approximate surface area is 144 Å². The maximum Gasteiger partial charge on any atom is 0.204 e. The van der Waals surface area contributed by atoms with E-state index >= 15 is 0 Å². The molecule has 0 unspecified atom stereocenters. The Morgan fingerprint density at radius 1 is 0.600 bits per heavy atom. The van der Waals surface area contributed by atoms with Crippen LogP contribution in [0, 0.1) is 11.6 Å². The van der Waals surface area contributed by atoms with Gasteiger partial charge >= 0.3 is 0 Å². The third-order valence-electron chi connectivity index (χ3n) is 3.26. The number of aromatic hydroxyl groups is 2. The van der Waals surface area contributed by atoms with Crippen molar-refractivity contribution in [1.82, 2.24) is 0 Å². The lowest BCUT2D eigenvalue weighted by Gasteiger charge is -2.03. The minimum absolute atomic E-state index is 0.676. The summed E-state index contributed by atoms with van der Waals surface area (Å²) in [6, 6.07) is 22.2. The van der Waals surface area contributed by atoms with Crippen LogP contribution in [0.5, 0.6) is 11.5 Å². The molecule has 0 radical (unpaired) electrons. The Morgan fingerprint density at radius 3 is 1.32 bits per heavy atom. The molecule has 3 aromatic rings. The van der Waals surface area contributed by atoms with Gasteiger partial charge in [0.2, 0.25) is 11.6 Å². The third kappa shape index (κ3) is 5.90. The summed E-state index contributed by atoms with van der Waals surface area (Å²) in [4.78, 5) is 0. The van der Waals surface area contributed by atoms with Gasteiger partial charge < -0.3 is 14.9 Å². The van der Waals surface area contributed by atoms with Crippen molar-refractivity contribution in [2.45, 2.75) is 13.2 Å². The summed E-state index contributed by atoms with van der Waals surface area (Å²) >= 11 is 0. The first-order valence-electron chi connectivity index (χ1n) is 7.59. The van der Waals surface area contributed by atoms with Gasteiger partial charge in [0.1, 0.15) is 0 Å². The van der Waals surface area contributed by atoms with Gasteiger partial charge in [0.05, 0.1) is 13.2 Å². The fourth-order valence-electron chi connectivity index (χ4n) is 1.96. The van der Waals surface area contributed by atoms with Crippen molar-refractivity contribution in [2.75, 3.05) is 0 Å². The summed E-state index contributed by atoms with van der Waals surface area (Å²) in [7, 11) is 0. The van der Waals surface area contributed by atoms with Crippen LogP contribution in [0.4, 0.5) is 8.78 Å². The average Bonchev–Trinajstić information content (AvgIpc) is 2.65. The summed E-state index contributed by atoms with van der Waals surface area (Å²) in [5.74, 6) is -4.48. The van der Waals surface area contributed by atoms with E-state index in [-0.39, 0.29) is 0 Å². The molecule has 3 rings (SSSR count). The number of rotatable bonds is 4. The van der Waals surface area contributed by atoms with E-state index in [1.807, 2.05) is 36.4 Å². The Balaban J connectivity index is 0.000000196. The standard InChI is InChI=1S/C14H14O.C6H4F2O2/c1-3-7-13(8-4-1)11-15-12-14-9-5-2-6-10-14;7-5-3(9)1-2-4(10)6(5)8/h1-10H,11-12H2;1-2,9-10H. The molecule has 3 nitrogen and oxygen atoms in total. The first-order chi connectivity index (χ1) is 12.1. The van der Waals surface area contributed by atoms with E-state index in [1.54, 1.807) is 0 Å². The number of hydrogen-bond acceptors (Lipinski definition) is 3. The molecule has 0 saturated heterocycles. The number of benzene rings is 3. The van der Waals surface area contributed by atoms with Crippen molar-refractivity contribution in [3.05, 3.63) is 95.6 Å². The van der Waals surface area contributed by atoms with Crippen LogP contribution in [0.2, 0.25) is 0 Å². The summed E-state index contributed by atoms with van der Waals surface area (Å²) < 4.78 is 30.0. The fourth-order valence-corrected chi connectivity index (χ4v) is 1.96. The molecule has 0 amide bonds. The molecule has 0 aliphatic rings. The molecule has 2 N–H and O–H groups in total. The van der Waals surface area contributed by atoms with E-state index < -0.39 is 23.1 Å². The zero-order valence-corrected chi connectivity index (χ0v) is 13.4. The Morgan fingerprint density at radius 2 is 0.960 bits per heavy atom. The first kappa shape index (κ1) is 18.4. The Kier molecular flexibility index (Phi) is 6.92. The van der Waals surface area contributed by atoms with Crippen LogP contribution in [0.15, 0.2) is 72.8 Å². The van der Waals surface area contributed by atoms with E-state index in [0.717, 1.165) is 12.1 Å². The van der Waals surface area contributed by atoms with E-state index in [1.165, 1.54) is 11.1 Å². The topological polar surface area (TPSA) is 49.7 Å². The second-order valence-electron chi connectivity index (χ2n) is 5.20. The van der Waals surface area contributed by atoms with Crippen molar-refractivity contribution in [3.63, 3.8) is 0 Å². The largest absolute Gasteiger partial charge is 0.505 e. The predicted octanol–water partition coefficient (Wildman–Crippen LogP) is 4.78. The summed E-state index contributed by atoms with van der Waals surface area (Å²) in [6.45, 7) is 1.35. The first-order valence-corrected chi connectivity index (χ1v) is 7.59. The van der Waals surface area contributed by atoms with E-state index in [0.29, 0.717) is 13.2 Å². The maximum atomic E-state index is 12.2. The fraction of sp³-hybridized carbons (Fsp3) is 0.100. The minimum Gasteiger partial charge on any atom is -0.505 e. The van der Waals surface area contributed by atoms with E-state index in [2.05, 4.69) is 24.3 Å². The van der Waals surface area contributed by atoms with Crippen LogP contribution in [-0.2, 0) is 18.0 Å². The van der Waals surface area contributed by atoms with Gasteiger partial charge in [-0.3, -0.25) is 0 Å². The lowest BCUT2D eigenvalue weighted by atomic mass is 10.2. The zero-order chi connectivity index (χ0) is 18.1. The van der Waals surface area contributed by atoms with Crippen molar-refractivity contribution in [3.8, 4) is 11.5 Å². The van der Waals surface area contributed by atoms with Crippen molar-refractivity contribution in [2.24, 2.45) is 0 Å². The summed E-state index contributed by atoms with van der Waals surface area (Å²) in [5, 5.41) is 17.0.